The summed E-state index contributed by atoms with van der Waals surface area (Å²) in [6.07, 6.45) is 5.54. The number of amides is 1. The number of benzene rings is 1. The van der Waals surface area contributed by atoms with E-state index in [2.05, 4.69) is 0 Å². The molecule has 0 aromatic heterocycles. The summed E-state index contributed by atoms with van der Waals surface area (Å²) in [6, 6.07) is 6.35. The number of hydrogen-bond acceptors (Lipinski definition) is 2. The number of likely N-dealkylation sites (tertiary alicyclic amines) is 1. The molecule has 0 saturated carbocycles. The van der Waals surface area contributed by atoms with Crippen molar-refractivity contribution in [3.63, 3.8) is 0 Å². The van der Waals surface area contributed by atoms with Gasteiger partial charge in [-0.15, -0.1) is 0 Å². The molecule has 1 atom stereocenters. The first kappa shape index (κ1) is 15.5. The van der Waals surface area contributed by atoms with E-state index in [4.69, 9.17) is 4.74 Å². The van der Waals surface area contributed by atoms with Gasteiger partial charge in [0.1, 0.15) is 11.4 Å². The molecule has 1 amide bonds. The lowest BCUT2D eigenvalue weighted by molar-refractivity contribution is 0.0256. The zero-order valence-corrected chi connectivity index (χ0v) is 12.8. The third-order valence-corrected chi connectivity index (χ3v) is 3.31. The Morgan fingerprint density at radius 3 is 2.62 bits per heavy atom. The molecule has 114 valence electrons. The Hall–Kier alpha value is -1.84. The van der Waals surface area contributed by atoms with Crippen LogP contribution in [0.5, 0.6) is 0 Å². The van der Waals surface area contributed by atoms with Gasteiger partial charge in [0.25, 0.3) is 0 Å². The predicted molar refractivity (Wildman–Crippen MR) is 81.4 cm³/mol. The number of halogens is 1. The van der Waals surface area contributed by atoms with Crippen molar-refractivity contribution in [3.05, 3.63) is 41.7 Å². The van der Waals surface area contributed by atoms with Gasteiger partial charge in [-0.3, -0.25) is 0 Å². The van der Waals surface area contributed by atoms with Crippen LogP contribution in [0.3, 0.4) is 0 Å². The summed E-state index contributed by atoms with van der Waals surface area (Å²) >= 11 is 0. The fourth-order valence-electron chi connectivity index (χ4n) is 2.34. The molecule has 0 unspecified atom stereocenters. The van der Waals surface area contributed by atoms with E-state index < -0.39 is 5.60 Å². The normalized spacial score (nSPS) is 19.2. The minimum Gasteiger partial charge on any atom is -0.444 e. The monoisotopic (exact) mass is 291 g/mol. The molecule has 21 heavy (non-hydrogen) atoms. The van der Waals surface area contributed by atoms with E-state index in [9.17, 15) is 9.18 Å². The second-order valence-electron chi connectivity index (χ2n) is 6.29. The fraction of sp³-hybridized carbons (Fsp3) is 0.471. The Balaban J connectivity index is 2.01. The fourth-order valence-corrected chi connectivity index (χ4v) is 2.34. The van der Waals surface area contributed by atoms with Gasteiger partial charge < -0.3 is 9.64 Å². The molecular formula is C17H22FNO2. The summed E-state index contributed by atoms with van der Waals surface area (Å²) in [5.74, 6) is -0.247. The van der Waals surface area contributed by atoms with Gasteiger partial charge in [-0.05, 0) is 51.3 Å². The summed E-state index contributed by atoms with van der Waals surface area (Å²) < 4.78 is 18.3. The third kappa shape index (κ3) is 4.59. The van der Waals surface area contributed by atoms with Crippen molar-refractivity contribution in [1.82, 2.24) is 4.90 Å². The lowest BCUT2D eigenvalue weighted by atomic mass is 10.1. The largest absolute Gasteiger partial charge is 0.444 e. The van der Waals surface area contributed by atoms with Crippen LogP contribution in [0.1, 0.15) is 39.2 Å². The van der Waals surface area contributed by atoms with Crippen LogP contribution in [0.15, 0.2) is 30.3 Å². The van der Waals surface area contributed by atoms with Gasteiger partial charge in [-0.25, -0.2) is 9.18 Å². The molecule has 1 fully saturated rings. The average molecular weight is 291 g/mol. The van der Waals surface area contributed by atoms with Crippen molar-refractivity contribution in [2.24, 2.45) is 0 Å². The molecule has 0 spiro atoms. The zero-order valence-electron chi connectivity index (χ0n) is 12.8. The Labute approximate surface area is 125 Å². The first-order chi connectivity index (χ1) is 9.85. The predicted octanol–water partition coefficient (Wildman–Crippen LogP) is 4.24. The second kappa shape index (κ2) is 6.29. The Bertz CT molecular complexity index is 517. The summed E-state index contributed by atoms with van der Waals surface area (Å²) in [7, 11) is 0. The summed E-state index contributed by atoms with van der Waals surface area (Å²) in [5, 5.41) is 0. The third-order valence-electron chi connectivity index (χ3n) is 3.31. The van der Waals surface area contributed by atoms with Crippen molar-refractivity contribution < 1.29 is 13.9 Å². The molecule has 1 aliphatic heterocycles. The number of rotatable bonds is 2. The minimum absolute atomic E-state index is 0.0462. The number of carbonyl (C=O) groups is 1. The number of carbonyl (C=O) groups excluding carboxylic acids is 1. The molecule has 0 aliphatic carbocycles. The van der Waals surface area contributed by atoms with Crippen LogP contribution in [0.4, 0.5) is 9.18 Å². The zero-order chi connectivity index (χ0) is 15.5. The van der Waals surface area contributed by atoms with E-state index in [-0.39, 0.29) is 18.0 Å². The molecular weight excluding hydrogens is 269 g/mol. The van der Waals surface area contributed by atoms with Gasteiger partial charge >= 0.3 is 6.09 Å². The maximum atomic E-state index is 12.9. The van der Waals surface area contributed by atoms with E-state index in [1.807, 2.05) is 32.9 Å². The van der Waals surface area contributed by atoms with Crippen molar-refractivity contribution in [2.45, 2.75) is 45.3 Å². The first-order valence-corrected chi connectivity index (χ1v) is 7.28. The highest BCUT2D eigenvalue weighted by Crippen LogP contribution is 2.22. The van der Waals surface area contributed by atoms with Crippen LogP contribution in [0, 0.1) is 5.82 Å². The lowest BCUT2D eigenvalue weighted by Gasteiger charge is -2.27. The molecule has 1 saturated heterocycles. The van der Waals surface area contributed by atoms with Crippen LogP contribution in [0.25, 0.3) is 6.08 Å². The topological polar surface area (TPSA) is 29.5 Å². The Kier molecular flexibility index (Phi) is 4.66. The van der Waals surface area contributed by atoms with Gasteiger partial charge in [0, 0.05) is 6.54 Å². The van der Waals surface area contributed by atoms with Crippen molar-refractivity contribution in [3.8, 4) is 0 Å². The highest BCUT2D eigenvalue weighted by Gasteiger charge is 2.30. The molecule has 1 aromatic carbocycles. The molecule has 2 rings (SSSR count). The summed E-state index contributed by atoms with van der Waals surface area (Å²) in [4.78, 5) is 13.9. The molecule has 3 nitrogen and oxygen atoms in total. The van der Waals surface area contributed by atoms with Gasteiger partial charge in [0.2, 0.25) is 0 Å². The SMILES string of the molecule is CC(C)(C)OC(=O)N1CCC[C@@H]1/C=C/c1ccc(F)cc1. The van der Waals surface area contributed by atoms with Crippen molar-refractivity contribution in [1.29, 1.82) is 0 Å². The van der Waals surface area contributed by atoms with E-state index in [0.717, 1.165) is 18.4 Å². The van der Waals surface area contributed by atoms with Crippen LogP contribution < -0.4 is 0 Å². The Morgan fingerprint density at radius 2 is 2.00 bits per heavy atom. The van der Waals surface area contributed by atoms with Crippen LogP contribution in [-0.2, 0) is 4.74 Å². The smallest absolute Gasteiger partial charge is 0.410 e. The number of nitrogens with zero attached hydrogens (tertiary/aromatic N) is 1. The van der Waals surface area contributed by atoms with E-state index in [0.29, 0.717) is 6.54 Å². The summed E-state index contributed by atoms with van der Waals surface area (Å²) in [5.41, 5.74) is 0.442. The first-order valence-electron chi connectivity index (χ1n) is 7.28. The number of hydrogen-bond donors (Lipinski definition) is 0. The average Bonchev–Trinajstić information content (AvgIpc) is 2.84. The number of ether oxygens (including phenoxy) is 1. The molecule has 4 heteroatoms. The molecule has 1 heterocycles. The second-order valence-corrected chi connectivity index (χ2v) is 6.29. The molecule has 0 N–H and O–H groups in total. The minimum atomic E-state index is -0.481. The van der Waals surface area contributed by atoms with E-state index >= 15 is 0 Å². The van der Waals surface area contributed by atoms with Crippen molar-refractivity contribution >= 4 is 12.2 Å². The molecule has 0 radical (unpaired) electrons. The van der Waals surface area contributed by atoms with Gasteiger partial charge in [0.05, 0.1) is 6.04 Å². The highest BCUT2D eigenvalue weighted by molar-refractivity contribution is 5.69. The van der Waals surface area contributed by atoms with Gasteiger partial charge in [-0.2, -0.15) is 0 Å². The van der Waals surface area contributed by atoms with Crippen molar-refractivity contribution in [2.75, 3.05) is 6.54 Å². The van der Waals surface area contributed by atoms with E-state index in [1.54, 1.807) is 17.0 Å². The maximum Gasteiger partial charge on any atom is 0.410 e. The lowest BCUT2D eigenvalue weighted by Crippen LogP contribution is -2.39. The van der Waals surface area contributed by atoms with E-state index in [1.165, 1.54) is 12.1 Å². The van der Waals surface area contributed by atoms with Crippen LogP contribution in [0.2, 0.25) is 0 Å². The quantitative estimate of drug-likeness (QED) is 0.815. The van der Waals surface area contributed by atoms with Crippen LogP contribution >= 0.6 is 0 Å². The Morgan fingerprint density at radius 1 is 1.33 bits per heavy atom. The highest BCUT2D eigenvalue weighted by atomic mass is 19.1. The molecule has 1 aliphatic rings. The van der Waals surface area contributed by atoms with Crippen LogP contribution in [-0.4, -0.2) is 29.2 Å². The van der Waals surface area contributed by atoms with Gasteiger partial charge in [-0.1, -0.05) is 24.3 Å². The molecule has 0 bridgehead atoms. The standard InChI is InChI=1S/C17H22FNO2/c1-17(2,3)21-16(20)19-12-4-5-15(19)11-8-13-6-9-14(18)10-7-13/h6-11,15H,4-5,12H2,1-3H3/b11-8+/t15-/m1/s1. The summed E-state index contributed by atoms with van der Waals surface area (Å²) in [6.45, 7) is 6.31. The van der Waals surface area contributed by atoms with Gasteiger partial charge in [0.15, 0.2) is 0 Å². The molecule has 1 aromatic rings. The maximum absolute atomic E-state index is 12.9.